The summed E-state index contributed by atoms with van der Waals surface area (Å²) in [6.07, 6.45) is 2.69. The number of hydrogen-bond acceptors (Lipinski definition) is 5. The Morgan fingerprint density at radius 2 is 2.05 bits per heavy atom. The molecular weight excluding hydrogens is 305 g/mol. The smallest absolute Gasteiger partial charge is 0.224 e. The average molecular weight is 314 g/mol. The molecule has 0 saturated carbocycles. The lowest BCUT2D eigenvalue weighted by Crippen LogP contribution is -2.39. The highest BCUT2D eigenvalue weighted by Gasteiger charge is 2.32. The van der Waals surface area contributed by atoms with Crippen LogP contribution < -0.4 is 0 Å². The molecule has 1 aliphatic rings. The maximum absolute atomic E-state index is 12.8. The van der Waals surface area contributed by atoms with Gasteiger partial charge in [-0.3, -0.25) is 0 Å². The summed E-state index contributed by atoms with van der Waals surface area (Å²) in [7, 11) is -3.96. The molecule has 104 valence electrons. The number of hydrogen-bond donors (Lipinski definition) is 0. The second-order valence-electron chi connectivity index (χ2n) is 3.96. The highest BCUT2D eigenvalue weighted by Crippen LogP contribution is 2.21. The van der Waals surface area contributed by atoms with E-state index in [1.807, 2.05) is 0 Å². The molecule has 1 heterocycles. The van der Waals surface area contributed by atoms with Gasteiger partial charge in [-0.15, -0.1) is 0 Å². The Morgan fingerprint density at radius 3 is 2.60 bits per heavy atom. The fourth-order valence-electron chi connectivity index (χ4n) is 1.68. The molecule has 1 atom stereocenters. The molecule has 0 aliphatic carbocycles. The van der Waals surface area contributed by atoms with Gasteiger partial charge in [-0.05, 0) is 24.3 Å². The van der Waals surface area contributed by atoms with E-state index in [0.717, 1.165) is 24.3 Å². The topological polar surface area (TPSA) is 73.5 Å². The fraction of sp³-hybridized carbons (Fsp3) is 0.167. The van der Waals surface area contributed by atoms with Crippen LogP contribution in [0.15, 0.2) is 46.6 Å². The zero-order chi connectivity index (χ0) is 14.8. The minimum Gasteiger partial charge on any atom is -0.341 e. The molecule has 0 radical (unpaired) electrons. The van der Waals surface area contributed by atoms with Crippen molar-refractivity contribution >= 4 is 26.6 Å². The summed E-state index contributed by atoms with van der Waals surface area (Å²) in [4.78, 5) is 4.90. The predicted octanol–water partition coefficient (Wildman–Crippen LogP) is 1.87. The highest BCUT2D eigenvalue weighted by molar-refractivity contribution is 7.92. The van der Waals surface area contributed by atoms with Crippen molar-refractivity contribution in [3.63, 3.8) is 0 Å². The molecule has 8 heteroatoms. The summed E-state index contributed by atoms with van der Waals surface area (Å²) < 4.78 is 37.6. The van der Waals surface area contributed by atoms with Crippen molar-refractivity contribution in [2.45, 2.75) is 10.3 Å². The molecule has 1 aromatic carbocycles. The van der Waals surface area contributed by atoms with E-state index in [0.29, 0.717) is 0 Å². The van der Waals surface area contributed by atoms with Crippen molar-refractivity contribution < 1.29 is 12.8 Å². The van der Waals surface area contributed by atoms with Crippen LogP contribution in [0.2, 0.25) is 0 Å². The molecule has 1 unspecified atom stereocenters. The molecule has 20 heavy (non-hydrogen) atoms. The number of nitriles is 1. The first kappa shape index (κ1) is 14.5. The number of aliphatic imine (C=N–C) groups is 1. The van der Waals surface area contributed by atoms with Gasteiger partial charge in [0.2, 0.25) is 15.2 Å². The Hall–Kier alpha value is -1.91. The van der Waals surface area contributed by atoms with Crippen LogP contribution in [-0.4, -0.2) is 30.4 Å². The van der Waals surface area contributed by atoms with Crippen molar-refractivity contribution in [3.8, 4) is 6.07 Å². The average Bonchev–Trinajstić information content (AvgIpc) is 2.40. The van der Waals surface area contributed by atoms with Gasteiger partial charge in [0, 0.05) is 12.4 Å². The molecule has 5 nitrogen and oxygen atoms in total. The number of sulfone groups is 1. The van der Waals surface area contributed by atoms with Crippen LogP contribution in [0.25, 0.3) is 0 Å². The van der Waals surface area contributed by atoms with Crippen LogP contribution in [-0.2, 0) is 9.84 Å². The van der Waals surface area contributed by atoms with E-state index in [2.05, 4.69) is 4.99 Å². The monoisotopic (exact) mass is 313 g/mol. The summed E-state index contributed by atoms with van der Waals surface area (Å²) in [5, 5.41) is 7.89. The molecule has 0 bridgehead atoms. The number of rotatable bonds is 3. The van der Waals surface area contributed by atoms with Gasteiger partial charge in [0.25, 0.3) is 0 Å². The SMILES string of the molecule is N#CC(N1C=CN=C(Cl)C1)S(=O)(=O)c1ccc(F)cc1. The largest absolute Gasteiger partial charge is 0.341 e. The minimum atomic E-state index is -3.96. The van der Waals surface area contributed by atoms with Crippen LogP contribution >= 0.6 is 11.6 Å². The van der Waals surface area contributed by atoms with Gasteiger partial charge >= 0.3 is 0 Å². The lowest BCUT2D eigenvalue weighted by Gasteiger charge is -2.26. The summed E-state index contributed by atoms with van der Waals surface area (Å²) in [5.74, 6) is -0.550. The molecule has 0 fully saturated rings. The quantitative estimate of drug-likeness (QED) is 0.799. The van der Waals surface area contributed by atoms with E-state index in [4.69, 9.17) is 16.9 Å². The van der Waals surface area contributed by atoms with Crippen molar-refractivity contribution in [1.29, 1.82) is 5.26 Å². The molecule has 1 aliphatic heterocycles. The van der Waals surface area contributed by atoms with Crippen LogP contribution in [0.1, 0.15) is 0 Å². The Labute approximate surface area is 120 Å². The summed E-state index contributed by atoms with van der Waals surface area (Å²) in [6.45, 7) is 0.0245. The molecule has 0 amide bonds. The minimum absolute atomic E-state index is 0.0245. The number of halogens is 2. The van der Waals surface area contributed by atoms with E-state index in [1.54, 1.807) is 6.07 Å². The maximum atomic E-state index is 12.8. The maximum Gasteiger partial charge on any atom is 0.224 e. The third-order valence-electron chi connectivity index (χ3n) is 2.63. The van der Waals surface area contributed by atoms with E-state index < -0.39 is 21.0 Å². The molecule has 0 N–H and O–H groups in total. The van der Waals surface area contributed by atoms with Gasteiger partial charge in [0.15, 0.2) is 0 Å². The first-order valence-corrected chi connectivity index (χ1v) is 7.41. The highest BCUT2D eigenvalue weighted by atomic mass is 35.5. The Kier molecular flexibility index (Phi) is 4.06. The molecule has 0 aromatic heterocycles. The molecular formula is C12H9ClFN3O2S. The van der Waals surface area contributed by atoms with E-state index >= 15 is 0 Å². The van der Waals surface area contributed by atoms with Gasteiger partial charge in [-0.1, -0.05) is 11.6 Å². The standard InChI is InChI=1S/C12H9ClFN3O2S/c13-11-8-17(6-5-16-11)12(7-15)20(18,19)10-3-1-9(14)2-4-10/h1-6,12H,8H2. The van der Waals surface area contributed by atoms with Crippen molar-refractivity contribution in [2.24, 2.45) is 4.99 Å². The number of nitrogens with zero attached hydrogens (tertiary/aromatic N) is 3. The first-order chi connectivity index (χ1) is 9.45. The van der Waals surface area contributed by atoms with Crippen LogP contribution in [0, 0.1) is 17.1 Å². The van der Waals surface area contributed by atoms with Crippen molar-refractivity contribution in [1.82, 2.24) is 4.90 Å². The van der Waals surface area contributed by atoms with Gasteiger partial charge in [0.1, 0.15) is 17.1 Å². The van der Waals surface area contributed by atoms with Crippen LogP contribution in [0.5, 0.6) is 0 Å². The lowest BCUT2D eigenvalue weighted by molar-refractivity contribution is 0.424. The molecule has 0 spiro atoms. The van der Waals surface area contributed by atoms with Gasteiger partial charge in [0.05, 0.1) is 11.4 Å². The normalized spacial score (nSPS) is 16.4. The third kappa shape index (κ3) is 2.81. The van der Waals surface area contributed by atoms with Crippen LogP contribution in [0.3, 0.4) is 0 Å². The Balaban J connectivity index is 2.36. The third-order valence-corrected chi connectivity index (χ3v) is 4.74. The van der Waals surface area contributed by atoms with E-state index in [-0.39, 0.29) is 16.6 Å². The van der Waals surface area contributed by atoms with Crippen molar-refractivity contribution in [2.75, 3.05) is 6.54 Å². The molecule has 2 rings (SSSR count). The predicted molar refractivity (Wildman–Crippen MR) is 72.1 cm³/mol. The van der Waals surface area contributed by atoms with Gasteiger partial charge in [-0.25, -0.2) is 17.8 Å². The first-order valence-electron chi connectivity index (χ1n) is 5.49. The zero-order valence-corrected chi connectivity index (χ0v) is 11.6. The summed E-state index contributed by atoms with van der Waals surface area (Å²) in [5.41, 5.74) is 0. The molecule has 1 aromatic rings. The van der Waals surface area contributed by atoms with Gasteiger partial charge < -0.3 is 4.90 Å². The Bertz CT molecular complexity index is 707. The number of benzene rings is 1. The Morgan fingerprint density at radius 1 is 1.40 bits per heavy atom. The fourth-order valence-corrected chi connectivity index (χ4v) is 3.29. The zero-order valence-electron chi connectivity index (χ0n) is 10.1. The second kappa shape index (κ2) is 5.61. The summed E-state index contributed by atoms with van der Waals surface area (Å²) in [6, 6.07) is 6.03. The second-order valence-corrected chi connectivity index (χ2v) is 6.40. The van der Waals surface area contributed by atoms with Crippen molar-refractivity contribution in [3.05, 3.63) is 42.5 Å². The van der Waals surface area contributed by atoms with E-state index in [1.165, 1.54) is 17.3 Å². The summed E-state index contributed by atoms with van der Waals surface area (Å²) >= 11 is 5.73. The van der Waals surface area contributed by atoms with Gasteiger partial charge in [-0.2, -0.15) is 5.26 Å². The molecule has 0 saturated heterocycles. The van der Waals surface area contributed by atoms with Crippen LogP contribution in [0.4, 0.5) is 4.39 Å². The van der Waals surface area contributed by atoms with E-state index in [9.17, 15) is 12.8 Å². The lowest BCUT2D eigenvalue weighted by atomic mass is 10.4.